The Morgan fingerprint density at radius 2 is 1.67 bits per heavy atom. The average Bonchev–Trinajstić information content (AvgIpc) is 3.15. The van der Waals surface area contributed by atoms with E-state index < -0.39 is 0 Å². The van der Waals surface area contributed by atoms with Crippen molar-refractivity contribution in [3.63, 3.8) is 0 Å². The van der Waals surface area contributed by atoms with Gasteiger partial charge in [0.15, 0.2) is 11.5 Å². The van der Waals surface area contributed by atoms with E-state index in [1.54, 1.807) is 4.52 Å². The lowest BCUT2D eigenvalue weighted by Gasteiger charge is -2.05. The van der Waals surface area contributed by atoms with E-state index in [1.165, 1.54) is 11.8 Å². The molecule has 2 aromatic heterocycles. The van der Waals surface area contributed by atoms with Crippen molar-refractivity contribution in [2.24, 2.45) is 0 Å². The van der Waals surface area contributed by atoms with Crippen molar-refractivity contribution in [3.8, 4) is 11.4 Å². The fourth-order valence-corrected chi connectivity index (χ4v) is 3.29. The molecule has 0 atom stereocenters. The van der Waals surface area contributed by atoms with Crippen LogP contribution in [0.25, 0.3) is 17.0 Å². The van der Waals surface area contributed by atoms with Crippen molar-refractivity contribution in [2.45, 2.75) is 11.6 Å². The summed E-state index contributed by atoms with van der Waals surface area (Å²) in [5, 5.41) is 16.6. The zero-order chi connectivity index (χ0) is 18.5. The summed E-state index contributed by atoms with van der Waals surface area (Å²) in [6.45, 7) is 0.524. The molecule has 4 aromatic rings. The number of hydrogen-bond acceptors (Lipinski definition) is 5. The standard InChI is InChI=1S/C20H17N5OS/c26-18(21-13-15-7-3-1-4-8-15)14-27-19-12-11-17-22-23-20(25(17)24-19)16-9-5-2-6-10-16/h1-12H,13-14H2,(H,21,26). The van der Waals surface area contributed by atoms with E-state index in [0.29, 0.717) is 23.8 Å². The van der Waals surface area contributed by atoms with Crippen LogP contribution in [0, 0.1) is 0 Å². The number of benzene rings is 2. The molecule has 2 heterocycles. The summed E-state index contributed by atoms with van der Waals surface area (Å²) in [5.74, 6) is 0.952. The van der Waals surface area contributed by atoms with Gasteiger partial charge in [-0.1, -0.05) is 72.4 Å². The second-order valence-corrected chi connectivity index (χ2v) is 6.88. The molecular formula is C20H17N5OS. The largest absolute Gasteiger partial charge is 0.351 e. The third-order valence-electron chi connectivity index (χ3n) is 3.95. The summed E-state index contributed by atoms with van der Waals surface area (Å²) in [6, 6.07) is 23.3. The van der Waals surface area contributed by atoms with Crippen LogP contribution in [0.15, 0.2) is 77.8 Å². The first-order chi connectivity index (χ1) is 13.3. The molecular weight excluding hydrogens is 358 g/mol. The molecule has 0 saturated carbocycles. The van der Waals surface area contributed by atoms with E-state index in [2.05, 4.69) is 20.6 Å². The normalized spacial score (nSPS) is 10.8. The highest BCUT2D eigenvalue weighted by Crippen LogP contribution is 2.20. The van der Waals surface area contributed by atoms with Crippen LogP contribution in [0.5, 0.6) is 0 Å². The lowest BCUT2D eigenvalue weighted by molar-refractivity contribution is -0.118. The van der Waals surface area contributed by atoms with Crippen LogP contribution < -0.4 is 5.32 Å². The number of rotatable bonds is 6. The number of nitrogens with zero attached hydrogens (tertiary/aromatic N) is 4. The molecule has 4 rings (SSSR count). The molecule has 0 radical (unpaired) electrons. The van der Waals surface area contributed by atoms with Crippen molar-refractivity contribution >= 4 is 23.3 Å². The van der Waals surface area contributed by atoms with Gasteiger partial charge in [-0.15, -0.1) is 10.2 Å². The maximum absolute atomic E-state index is 12.1. The number of carbonyl (C=O) groups is 1. The number of carbonyl (C=O) groups excluding carboxylic acids is 1. The molecule has 1 amide bonds. The minimum Gasteiger partial charge on any atom is -0.351 e. The van der Waals surface area contributed by atoms with Crippen LogP contribution in [0.3, 0.4) is 0 Å². The van der Waals surface area contributed by atoms with Gasteiger partial charge in [0.2, 0.25) is 5.91 Å². The van der Waals surface area contributed by atoms with Gasteiger partial charge in [-0.2, -0.15) is 9.61 Å². The van der Waals surface area contributed by atoms with E-state index >= 15 is 0 Å². The number of nitrogens with one attached hydrogen (secondary N) is 1. The van der Waals surface area contributed by atoms with Gasteiger partial charge >= 0.3 is 0 Å². The maximum atomic E-state index is 12.1. The third kappa shape index (κ3) is 4.15. The topological polar surface area (TPSA) is 72.2 Å². The SMILES string of the molecule is O=C(CSc1ccc2nnc(-c3ccccc3)n2n1)NCc1ccccc1. The van der Waals surface area contributed by atoms with Crippen LogP contribution in [0.2, 0.25) is 0 Å². The van der Waals surface area contributed by atoms with Crippen molar-refractivity contribution < 1.29 is 4.79 Å². The van der Waals surface area contributed by atoms with Crippen molar-refractivity contribution in [3.05, 3.63) is 78.4 Å². The second-order valence-electron chi connectivity index (χ2n) is 5.88. The van der Waals surface area contributed by atoms with E-state index in [4.69, 9.17) is 0 Å². The smallest absolute Gasteiger partial charge is 0.230 e. The Labute approximate surface area is 160 Å². The zero-order valence-corrected chi connectivity index (χ0v) is 15.3. The Hall–Kier alpha value is -3.19. The molecule has 0 saturated heterocycles. The molecule has 0 aliphatic carbocycles. The van der Waals surface area contributed by atoms with Gasteiger partial charge in [0.25, 0.3) is 0 Å². The first-order valence-corrected chi connectivity index (χ1v) is 9.49. The molecule has 6 nitrogen and oxygen atoms in total. The highest BCUT2D eigenvalue weighted by Gasteiger charge is 2.11. The summed E-state index contributed by atoms with van der Waals surface area (Å²) in [7, 11) is 0. The Kier molecular flexibility index (Phi) is 5.11. The number of hydrogen-bond donors (Lipinski definition) is 1. The van der Waals surface area contributed by atoms with E-state index in [0.717, 1.165) is 16.2 Å². The van der Waals surface area contributed by atoms with Gasteiger partial charge in [-0.05, 0) is 17.7 Å². The fraction of sp³-hybridized carbons (Fsp3) is 0.100. The molecule has 0 aliphatic heterocycles. The van der Waals surface area contributed by atoms with E-state index in [-0.39, 0.29) is 5.91 Å². The fourth-order valence-electron chi connectivity index (χ4n) is 2.60. The van der Waals surface area contributed by atoms with Crippen molar-refractivity contribution in [2.75, 3.05) is 5.75 Å². The Balaban J connectivity index is 1.42. The highest BCUT2D eigenvalue weighted by atomic mass is 32.2. The Bertz CT molecular complexity index is 1050. The first kappa shape index (κ1) is 17.2. The summed E-state index contributed by atoms with van der Waals surface area (Å²) in [4.78, 5) is 12.1. The Morgan fingerprint density at radius 3 is 2.44 bits per heavy atom. The van der Waals surface area contributed by atoms with Crippen LogP contribution in [-0.2, 0) is 11.3 Å². The van der Waals surface area contributed by atoms with Crippen molar-refractivity contribution in [1.82, 2.24) is 25.1 Å². The molecule has 134 valence electrons. The average molecular weight is 375 g/mol. The number of aromatic nitrogens is 4. The lowest BCUT2D eigenvalue weighted by Crippen LogP contribution is -2.24. The van der Waals surface area contributed by atoms with Crippen molar-refractivity contribution in [1.29, 1.82) is 0 Å². The lowest BCUT2D eigenvalue weighted by atomic mass is 10.2. The van der Waals surface area contributed by atoms with E-state index in [9.17, 15) is 4.79 Å². The molecule has 0 unspecified atom stereocenters. The highest BCUT2D eigenvalue weighted by molar-refractivity contribution is 7.99. The minimum absolute atomic E-state index is 0.0298. The zero-order valence-electron chi connectivity index (χ0n) is 14.4. The van der Waals surface area contributed by atoms with Gasteiger partial charge in [0, 0.05) is 12.1 Å². The molecule has 27 heavy (non-hydrogen) atoms. The molecule has 0 spiro atoms. The van der Waals surface area contributed by atoms with Crippen LogP contribution >= 0.6 is 11.8 Å². The molecule has 7 heteroatoms. The number of thioether (sulfide) groups is 1. The summed E-state index contributed by atoms with van der Waals surface area (Å²) >= 11 is 1.39. The monoisotopic (exact) mass is 375 g/mol. The van der Waals surface area contributed by atoms with Gasteiger partial charge in [0.05, 0.1) is 5.75 Å². The summed E-state index contributed by atoms with van der Waals surface area (Å²) in [6.07, 6.45) is 0. The predicted octanol–water partition coefficient (Wildman–Crippen LogP) is 3.20. The van der Waals surface area contributed by atoms with Crippen LogP contribution in [-0.4, -0.2) is 31.5 Å². The van der Waals surface area contributed by atoms with Crippen LogP contribution in [0.1, 0.15) is 5.56 Å². The van der Waals surface area contributed by atoms with Gasteiger partial charge in [-0.25, -0.2) is 0 Å². The molecule has 0 bridgehead atoms. The first-order valence-electron chi connectivity index (χ1n) is 8.51. The van der Waals surface area contributed by atoms with E-state index in [1.807, 2.05) is 72.8 Å². The molecule has 0 fully saturated rings. The van der Waals surface area contributed by atoms with Crippen LogP contribution in [0.4, 0.5) is 0 Å². The summed E-state index contributed by atoms with van der Waals surface area (Å²) in [5.41, 5.74) is 2.69. The Morgan fingerprint density at radius 1 is 0.926 bits per heavy atom. The molecule has 0 aliphatic rings. The summed E-state index contributed by atoms with van der Waals surface area (Å²) < 4.78 is 1.71. The van der Waals surface area contributed by atoms with Gasteiger partial charge in [0.1, 0.15) is 5.03 Å². The molecule has 2 aromatic carbocycles. The maximum Gasteiger partial charge on any atom is 0.230 e. The third-order valence-corrected chi connectivity index (χ3v) is 4.87. The predicted molar refractivity (Wildman–Crippen MR) is 105 cm³/mol. The molecule has 1 N–H and O–H groups in total. The van der Waals surface area contributed by atoms with Gasteiger partial charge in [-0.3, -0.25) is 4.79 Å². The number of fused-ring (bicyclic) bond motifs is 1. The minimum atomic E-state index is -0.0298. The van der Waals surface area contributed by atoms with Gasteiger partial charge < -0.3 is 5.32 Å². The quantitative estimate of drug-likeness (QED) is 0.524. The second kappa shape index (κ2) is 8.01. The number of amides is 1.